The Balaban J connectivity index is 1.68. The van der Waals surface area contributed by atoms with Gasteiger partial charge in [0.2, 0.25) is 0 Å². The summed E-state index contributed by atoms with van der Waals surface area (Å²) in [4.78, 5) is 18.1. The first-order valence-electron chi connectivity index (χ1n) is 14.0. The molecule has 1 aliphatic carbocycles. The van der Waals surface area contributed by atoms with E-state index in [1.54, 1.807) is 11.3 Å². The minimum absolute atomic E-state index is 0.435. The van der Waals surface area contributed by atoms with E-state index in [1.165, 1.54) is 81.7 Å². The van der Waals surface area contributed by atoms with Crippen LogP contribution in [0.25, 0.3) is 33.1 Å². The molecule has 0 spiro atoms. The number of rotatable bonds is 8. The number of carboxylic acid groups (broad SMARTS) is 1. The molecule has 0 atom stereocenters. The molecule has 3 aromatic heterocycles. The highest BCUT2D eigenvalue weighted by Crippen LogP contribution is 2.48. The third kappa shape index (κ3) is 5.17. The van der Waals surface area contributed by atoms with Gasteiger partial charge in [-0.05, 0) is 86.8 Å². The second-order valence-corrected chi connectivity index (χ2v) is 13.1. The molecule has 6 heteroatoms. The van der Waals surface area contributed by atoms with Crippen molar-refractivity contribution in [3.05, 3.63) is 73.6 Å². The molecule has 1 N–H and O–H groups in total. The molecule has 204 valence electrons. The number of thiazole rings is 1. The molecule has 0 bridgehead atoms. The van der Waals surface area contributed by atoms with Crippen LogP contribution in [0.2, 0.25) is 0 Å². The minimum atomic E-state index is -0.832. The number of carboxylic acids is 1. The predicted octanol–water partition coefficient (Wildman–Crippen LogP) is 9.94. The van der Waals surface area contributed by atoms with Crippen LogP contribution in [-0.4, -0.2) is 20.6 Å². The smallest absolute Gasteiger partial charge is 0.345 e. The molecule has 3 heterocycles. The SMILES string of the molecule is C=C(/C=C\c1c(C)ccc(-c2c(C3CCCCC3)c3sc(C(=O)O)cc3n2CCC)c1C)c1sc(C)nc1C. The van der Waals surface area contributed by atoms with Gasteiger partial charge >= 0.3 is 5.97 Å². The molecule has 0 amide bonds. The molecule has 4 nitrogen and oxygen atoms in total. The fraction of sp³-hybridized carbons (Fsp3) is 0.394. The molecule has 1 fully saturated rings. The quantitative estimate of drug-likeness (QED) is 0.219. The van der Waals surface area contributed by atoms with Crippen LogP contribution in [-0.2, 0) is 6.54 Å². The average molecular weight is 559 g/mol. The van der Waals surface area contributed by atoms with Gasteiger partial charge in [0.1, 0.15) is 4.88 Å². The van der Waals surface area contributed by atoms with E-state index in [9.17, 15) is 9.90 Å². The number of benzene rings is 1. The van der Waals surface area contributed by atoms with E-state index in [2.05, 4.69) is 61.2 Å². The predicted molar refractivity (Wildman–Crippen MR) is 167 cm³/mol. The Morgan fingerprint density at radius 3 is 2.54 bits per heavy atom. The van der Waals surface area contributed by atoms with Gasteiger partial charge in [-0.1, -0.05) is 57.0 Å². The highest BCUT2D eigenvalue weighted by molar-refractivity contribution is 7.21. The zero-order valence-electron chi connectivity index (χ0n) is 23.7. The summed E-state index contributed by atoms with van der Waals surface area (Å²) in [5.41, 5.74) is 10.7. The highest BCUT2D eigenvalue weighted by atomic mass is 32.1. The first kappa shape index (κ1) is 27.6. The Labute approximate surface area is 239 Å². The molecule has 0 unspecified atom stereocenters. The van der Waals surface area contributed by atoms with E-state index in [1.807, 2.05) is 19.9 Å². The van der Waals surface area contributed by atoms with Crippen LogP contribution in [0.15, 0.2) is 30.9 Å². The van der Waals surface area contributed by atoms with Crippen molar-refractivity contribution in [3.63, 3.8) is 0 Å². The normalized spacial score (nSPS) is 14.6. The lowest BCUT2D eigenvalue weighted by Gasteiger charge is -2.24. The second-order valence-electron chi connectivity index (χ2n) is 10.9. The number of aryl methyl sites for hydroxylation is 4. The van der Waals surface area contributed by atoms with Gasteiger partial charge in [0.05, 0.1) is 31.5 Å². The fourth-order valence-corrected chi connectivity index (χ4v) is 8.23. The maximum absolute atomic E-state index is 12.0. The highest BCUT2D eigenvalue weighted by Gasteiger charge is 2.29. The van der Waals surface area contributed by atoms with E-state index >= 15 is 0 Å². The first-order chi connectivity index (χ1) is 18.7. The summed E-state index contributed by atoms with van der Waals surface area (Å²) in [5, 5.41) is 10.9. The van der Waals surface area contributed by atoms with E-state index in [-0.39, 0.29) is 0 Å². The molecule has 1 saturated carbocycles. The van der Waals surface area contributed by atoms with Crippen molar-refractivity contribution in [3.8, 4) is 11.3 Å². The third-order valence-electron chi connectivity index (χ3n) is 8.08. The van der Waals surface area contributed by atoms with Gasteiger partial charge in [-0.2, -0.15) is 0 Å². The van der Waals surface area contributed by atoms with Crippen LogP contribution in [0, 0.1) is 27.7 Å². The Morgan fingerprint density at radius 2 is 1.90 bits per heavy atom. The molecular weight excluding hydrogens is 521 g/mol. The van der Waals surface area contributed by atoms with Gasteiger partial charge in [0.25, 0.3) is 0 Å². The largest absolute Gasteiger partial charge is 0.477 e. The van der Waals surface area contributed by atoms with Crippen molar-refractivity contribution in [1.29, 1.82) is 0 Å². The van der Waals surface area contributed by atoms with Crippen molar-refractivity contribution >= 4 is 50.5 Å². The molecule has 0 aliphatic heterocycles. The minimum Gasteiger partial charge on any atom is -0.477 e. The van der Waals surface area contributed by atoms with Gasteiger partial charge in [-0.25, -0.2) is 9.78 Å². The summed E-state index contributed by atoms with van der Waals surface area (Å²) < 4.78 is 3.58. The lowest BCUT2D eigenvalue weighted by molar-refractivity contribution is 0.0702. The number of hydrogen-bond donors (Lipinski definition) is 1. The van der Waals surface area contributed by atoms with Crippen molar-refractivity contribution < 1.29 is 9.90 Å². The summed E-state index contributed by atoms with van der Waals surface area (Å²) in [6.45, 7) is 15.9. The summed E-state index contributed by atoms with van der Waals surface area (Å²) >= 11 is 3.15. The molecule has 0 radical (unpaired) electrons. The van der Waals surface area contributed by atoms with E-state index in [0.29, 0.717) is 10.8 Å². The average Bonchev–Trinajstić information content (AvgIpc) is 3.57. The Hall–Kier alpha value is -2.96. The zero-order chi connectivity index (χ0) is 27.8. The Kier molecular flexibility index (Phi) is 7.97. The maximum atomic E-state index is 12.0. The van der Waals surface area contributed by atoms with Gasteiger partial charge in [-0.15, -0.1) is 22.7 Å². The van der Waals surface area contributed by atoms with E-state index < -0.39 is 5.97 Å². The standard InChI is InChI=1S/C33H38N2O2S2/c1-7-17-35-27-18-28(33(36)37)39-32(27)29(24-11-9-8-10-12-24)30(35)26-16-13-19(2)25(21(26)4)15-14-20(3)31-22(5)34-23(6)38-31/h13-16,18,24H,3,7-12,17H2,1-2,4-6H3,(H,36,37)/b15-14-. The molecular formula is C33H38N2O2S2. The summed E-state index contributed by atoms with van der Waals surface area (Å²) in [7, 11) is 0. The number of aromatic nitrogens is 2. The second kappa shape index (κ2) is 11.3. The summed E-state index contributed by atoms with van der Waals surface area (Å²) in [5.74, 6) is -0.368. The van der Waals surface area contributed by atoms with Crippen molar-refractivity contribution in [2.24, 2.45) is 0 Å². The van der Waals surface area contributed by atoms with Crippen molar-refractivity contribution in [1.82, 2.24) is 9.55 Å². The van der Waals surface area contributed by atoms with E-state index in [0.717, 1.165) is 39.6 Å². The van der Waals surface area contributed by atoms with Crippen LogP contribution in [0.3, 0.4) is 0 Å². The number of hydrogen-bond acceptors (Lipinski definition) is 4. The molecule has 1 aliphatic rings. The zero-order valence-corrected chi connectivity index (χ0v) is 25.3. The van der Waals surface area contributed by atoms with Crippen LogP contribution in [0.1, 0.15) is 98.9 Å². The fourth-order valence-electron chi connectivity index (χ4n) is 6.24. The van der Waals surface area contributed by atoms with Gasteiger partial charge in [-0.3, -0.25) is 0 Å². The van der Waals surface area contributed by atoms with Crippen molar-refractivity contribution in [2.75, 3.05) is 0 Å². The molecule has 4 aromatic rings. The molecule has 39 heavy (non-hydrogen) atoms. The van der Waals surface area contributed by atoms with Crippen LogP contribution in [0.4, 0.5) is 0 Å². The number of carbonyl (C=O) groups is 1. The lowest BCUT2D eigenvalue weighted by Crippen LogP contribution is -2.08. The molecule has 1 aromatic carbocycles. The number of fused-ring (bicyclic) bond motifs is 1. The summed E-state index contributed by atoms with van der Waals surface area (Å²) in [6.07, 6.45) is 11.4. The summed E-state index contributed by atoms with van der Waals surface area (Å²) in [6, 6.07) is 6.42. The first-order valence-corrected chi connectivity index (χ1v) is 15.7. The molecule has 0 saturated heterocycles. The maximum Gasteiger partial charge on any atom is 0.345 e. The van der Waals surface area contributed by atoms with Gasteiger partial charge in [0, 0.05) is 12.1 Å². The number of thiophene rings is 1. The van der Waals surface area contributed by atoms with Crippen LogP contribution >= 0.6 is 22.7 Å². The lowest BCUT2D eigenvalue weighted by atomic mass is 9.82. The van der Waals surface area contributed by atoms with Crippen molar-refractivity contribution in [2.45, 2.75) is 85.6 Å². The monoisotopic (exact) mass is 558 g/mol. The van der Waals surface area contributed by atoms with Gasteiger partial charge in [0.15, 0.2) is 0 Å². The van der Waals surface area contributed by atoms with Crippen LogP contribution in [0.5, 0.6) is 0 Å². The number of aromatic carboxylic acids is 1. The third-order valence-corrected chi connectivity index (χ3v) is 10.4. The van der Waals surface area contributed by atoms with Gasteiger partial charge < -0.3 is 9.67 Å². The number of nitrogens with zero attached hydrogens (tertiary/aromatic N) is 2. The van der Waals surface area contributed by atoms with Crippen LogP contribution < -0.4 is 0 Å². The Morgan fingerprint density at radius 1 is 1.15 bits per heavy atom. The number of allylic oxidation sites excluding steroid dienone is 2. The molecule has 5 rings (SSSR count). The Bertz CT molecular complexity index is 1590. The van der Waals surface area contributed by atoms with E-state index in [4.69, 9.17) is 0 Å². The topological polar surface area (TPSA) is 55.1 Å².